The van der Waals surface area contributed by atoms with Gasteiger partial charge in [-0.05, 0) is 17.7 Å². The van der Waals surface area contributed by atoms with E-state index >= 15 is 0 Å². The second kappa shape index (κ2) is 7.06. The summed E-state index contributed by atoms with van der Waals surface area (Å²) in [5.41, 5.74) is 2.09. The first-order chi connectivity index (χ1) is 12.3. The van der Waals surface area contributed by atoms with Gasteiger partial charge in [-0.3, -0.25) is 14.3 Å². The van der Waals surface area contributed by atoms with Crippen molar-refractivity contribution in [2.24, 2.45) is 0 Å². The van der Waals surface area contributed by atoms with Crippen molar-refractivity contribution in [2.45, 2.75) is 23.4 Å². The number of aromatic nitrogens is 4. The Morgan fingerprint density at radius 1 is 1.12 bits per heavy atom. The van der Waals surface area contributed by atoms with E-state index in [1.54, 1.807) is 12.4 Å². The predicted molar refractivity (Wildman–Crippen MR) is 94.0 cm³/mol. The van der Waals surface area contributed by atoms with Crippen molar-refractivity contribution in [1.82, 2.24) is 19.7 Å². The van der Waals surface area contributed by atoms with Gasteiger partial charge >= 0.3 is 5.97 Å². The zero-order valence-electron chi connectivity index (χ0n) is 13.4. The number of pyridine rings is 1. The molecule has 0 aliphatic carbocycles. The maximum absolute atomic E-state index is 11.8. The van der Waals surface area contributed by atoms with E-state index in [-0.39, 0.29) is 11.2 Å². The summed E-state index contributed by atoms with van der Waals surface area (Å²) in [5, 5.41) is 9.20. The molecule has 0 spiro atoms. The number of nitrogens with zero attached hydrogens (tertiary/aromatic N) is 4. The Kier molecular flexibility index (Phi) is 4.47. The third-order valence-corrected chi connectivity index (χ3v) is 5.20. The highest BCUT2D eigenvalue weighted by molar-refractivity contribution is 8.00. The van der Waals surface area contributed by atoms with Crippen molar-refractivity contribution in [3.05, 3.63) is 60.4 Å². The van der Waals surface area contributed by atoms with E-state index in [0.29, 0.717) is 19.6 Å². The molecule has 1 fully saturated rings. The Labute approximate surface area is 149 Å². The fourth-order valence-electron chi connectivity index (χ4n) is 2.71. The summed E-state index contributed by atoms with van der Waals surface area (Å²) in [6, 6.07) is 13.9. The number of carbonyl (C=O) groups excluding carboxylic acids is 1. The zero-order valence-corrected chi connectivity index (χ0v) is 14.2. The topological polar surface area (TPSA) is 69.9 Å². The maximum Gasteiger partial charge on any atom is 0.319 e. The number of benzene rings is 1. The largest absolute Gasteiger partial charge is 0.465 e. The molecule has 1 aromatic carbocycles. The van der Waals surface area contributed by atoms with Crippen molar-refractivity contribution >= 4 is 17.7 Å². The lowest BCUT2D eigenvalue weighted by atomic mass is 10.2. The molecule has 6 nitrogen and oxygen atoms in total. The number of thioether (sulfide) groups is 1. The first-order valence-corrected chi connectivity index (χ1v) is 8.90. The monoisotopic (exact) mass is 352 g/mol. The van der Waals surface area contributed by atoms with Crippen LogP contribution in [0.5, 0.6) is 0 Å². The summed E-state index contributed by atoms with van der Waals surface area (Å²) in [7, 11) is 0. The van der Waals surface area contributed by atoms with Crippen LogP contribution in [0.2, 0.25) is 0 Å². The van der Waals surface area contributed by atoms with Crippen molar-refractivity contribution in [3.63, 3.8) is 0 Å². The first-order valence-electron chi connectivity index (χ1n) is 8.02. The molecule has 0 amide bonds. The van der Waals surface area contributed by atoms with Gasteiger partial charge in [-0.15, -0.1) is 10.2 Å². The van der Waals surface area contributed by atoms with Gasteiger partial charge < -0.3 is 4.74 Å². The molecule has 1 aliphatic rings. The average molecular weight is 352 g/mol. The van der Waals surface area contributed by atoms with Crippen molar-refractivity contribution in [2.75, 3.05) is 6.61 Å². The Balaban J connectivity index is 1.71. The number of hydrogen-bond donors (Lipinski definition) is 0. The van der Waals surface area contributed by atoms with Crippen molar-refractivity contribution in [3.8, 4) is 11.4 Å². The van der Waals surface area contributed by atoms with Crippen LogP contribution in [-0.2, 0) is 16.1 Å². The van der Waals surface area contributed by atoms with Gasteiger partial charge in [0.2, 0.25) is 0 Å². The maximum atomic E-state index is 11.8. The van der Waals surface area contributed by atoms with Crippen molar-refractivity contribution < 1.29 is 9.53 Å². The van der Waals surface area contributed by atoms with Gasteiger partial charge in [0, 0.05) is 24.4 Å². The molecule has 1 aliphatic heterocycles. The summed E-state index contributed by atoms with van der Waals surface area (Å²) in [6.45, 7) is 1.11. The molecular formula is C18H16N4O2S. The quantitative estimate of drug-likeness (QED) is 0.658. The summed E-state index contributed by atoms with van der Waals surface area (Å²) in [5.74, 6) is 0.588. The van der Waals surface area contributed by atoms with E-state index < -0.39 is 0 Å². The Morgan fingerprint density at radius 2 is 1.92 bits per heavy atom. The van der Waals surface area contributed by atoms with Gasteiger partial charge in [-0.2, -0.15) is 0 Å². The van der Waals surface area contributed by atoms with Crippen LogP contribution in [0.4, 0.5) is 0 Å². The minimum atomic E-state index is -0.219. The van der Waals surface area contributed by atoms with E-state index in [1.165, 1.54) is 11.8 Å². The average Bonchev–Trinajstić information content (AvgIpc) is 3.24. The molecule has 0 bridgehead atoms. The van der Waals surface area contributed by atoms with Gasteiger partial charge in [0.25, 0.3) is 0 Å². The van der Waals surface area contributed by atoms with E-state index in [9.17, 15) is 4.79 Å². The van der Waals surface area contributed by atoms with Crippen LogP contribution in [0.3, 0.4) is 0 Å². The van der Waals surface area contributed by atoms with E-state index in [0.717, 1.165) is 22.1 Å². The van der Waals surface area contributed by atoms with Crippen LogP contribution >= 0.6 is 11.8 Å². The van der Waals surface area contributed by atoms with Crippen LogP contribution in [0.1, 0.15) is 12.0 Å². The summed E-state index contributed by atoms with van der Waals surface area (Å²) < 4.78 is 7.10. The number of ether oxygens (including phenoxy) is 1. The van der Waals surface area contributed by atoms with E-state index in [1.807, 2.05) is 34.9 Å². The third-order valence-electron chi connectivity index (χ3n) is 3.97. The van der Waals surface area contributed by atoms with Crippen LogP contribution < -0.4 is 0 Å². The summed E-state index contributed by atoms with van der Waals surface area (Å²) >= 11 is 1.42. The highest BCUT2D eigenvalue weighted by Gasteiger charge is 2.30. The second-order valence-corrected chi connectivity index (χ2v) is 6.85. The summed E-state index contributed by atoms with van der Waals surface area (Å²) in [4.78, 5) is 15.9. The van der Waals surface area contributed by atoms with Crippen LogP contribution in [-0.4, -0.2) is 37.6 Å². The molecule has 3 heterocycles. The molecule has 25 heavy (non-hydrogen) atoms. The Bertz CT molecular complexity index is 867. The number of cyclic esters (lactones) is 1. The van der Waals surface area contributed by atoms with Crippen LogP contribution in [0.15, 0.2) is 60.0 Å². The smallest absolute Gasteiger partial charge is 0.319 e. The molecule has 1 saturated heterocycles. The zero-order chi connectivity index (χ0) is 17.1. The molecule has 126 valence electrons. The lowest BCUT2D eigenvalue weighted by molar-refractivity contribution is -0.137. The molecule has 0 N–H and O–H groups in total. The van der Waals surface area contributed by atoms with E-state index in [2.05, 4.69) is 27.3 Å². The van der Waals surface area contributed by atoms with Crippen LogP contribution in [0, 0.1) is 0 Å². The first kappa shape index (κ1) is 15.8. The number of rotatable bonds is 5. The lowest BCUT2D eigenvalue weighted by Gasteiger charge is -2.11. The summed E-state index contributed by atoms with van der Waals surface area (Å²) in [6.07, 6.45) is 4.17. The minimum Gasteiger partial charge on any atom is -0.465 e. The second-order valence-electron chi connectivity index (χ2n) is 5.68. The van der Waals surface area contributed by atoms with Gasteiger partial charge in [0.15, 0.2) is 11.0 Å². The molecule has 1 atom stereocenters. The van der Waals surface area contributed by atoms with E-state index in [4.69, 9.17) is 4.74 Å². The molecule has 0 radical (unpaired) electrons. The fourth-order valence-corrected chi connectivity index (χ4v) is 3.71. The third kappa shape index (κ3) is 3.41. The highest BCUT2D eigenvalue weighted by atomic mass is 32.2. The van der Waals surface area contributed by atoms with Gasteiger partial charge in [0.1, 0.15) is 5.25 Å². The molecule has 0 saturated carbocycles. The molecule has 0 unspecified atom stereocenters. The number of esters is 1. The van der Waals surface area contributed by atoms with Gasteiger partial charge in [-0.1, -0.05) is 42.1 Å². The molecule has 4 rings (SSSR count). The Morgan fingerprint density at radius 3 is 2.64 bits per heavy atom. The lowest BCUT2D eigenvalue weighted by Crippen LogP contribution is -2.12. The highest BCUT2D eigenvalue weighted by Crippen LogP contribution is 2.31. The Hall–Kier alpha value is -2.67. The molecular weight excluding hydrogens is 336 g/mol. The SMILES string of the molecule is O=C1OCC[C@@H]1Sc1nnc(-c2ccncc2)n1Cc1ccccc1. The molecule has 7 heteroatoms. The predicted octanol–water partition coefficient (Wildman–Crippen LogP) is 2.80. The fraction of sp³-hybridized carbons (Fsp3) is 0.222. The molecule has 3 aromatic rings. The standard InChI is InChI=1S/C18H16N4O2S/c23-17-15(8-11-24-17)25-18-21-20-16(14-6-9-19-10-7-14)22(18)12-13-4-2-1-3-5-13/h1-7,9-10,15H,8,11-12H2/t15-/m0/s1. The van der Waals surface area contributed by atoms with Gasteiger partial charge in [-0.25, -0.2) is 0 Å². The van der Waals surface area contributed by atoms with Crippen LogP contribution in [0.25, 0.3) is 11.4 Å². The number of carbonyl (C=O) groups is 1. The minimum absolute atomic E-state index is 0.176. The van der Waals surface area contributed by atoms with Crippen molar-refractivity contribution in [1.29, 1.82) is 0 Å². The number of hydrogen-bond acceptors (Lipinski definition) is 6. The van der Waals surface area contributed by atoms with Gasteiger partial charge in [0.05, 0.1) is 13.2 Å². The molecule has 2 aromatic heterocycles. The normalized spacial score (nSPS) is 16.8.